The van der Waals surface area contributed by atoms with Crippen LogP contribution in [-0.4, -0.2) is 16.4 Å². The molecule has 0 aliphatic heterocycles. The predicted molar refractivity (Wildman–Crippen MR) is 73.4 cm³/mol. The van der Waals surface area contributed by atoms with E-state index in [1.807, 2.05) is 24.3 Å². The van der Waals surface area contributed by atoms with Crippen LogP contribution >= 0.6 is 0 Å². The highest BCUT2D eigenvalue weighted by Crippen LogP contribution is 2.22. The minimum atomic E-state index is -0.263. The summed E-state index contributed by atoms with van der Waals surface area (Å²) in [7, 11) is 0. The Balaban J connectivity index is 1.84. The van der Waals surface area contributed by atoms with Crippen LogP contribution in [0.2, 0.25) is 0 Å². The molecule has 0 bridgehead atoms. The lowest BCUT2D eigenvalue weighted by Crippen LogP contribution is -1.81. The number of hydrogen-bond acceptors (Lipinski definition) is 4. The van der Waals surface area contributed by atoms with Crippen LogP contribution in [0.1, 0.15) is 5.56 Å². The van der Waals surface area contributed by atoms with E-state index in [1.165, 1.54) is 18.5 Å². The second-order valence-electron chi connectivity index (χ2n) is 4.10. The van der Waals surface area contributed by atoms with Crippen molar-refractivity contribution >= 4 is 11.9 Å². The fraction of sp³-hybridized carbons (Fsp3) is 0. The van der Waals surface area contributed by atoms with Gasteiger partial charge in [0, 0.05) is 11.8 Å². The average Bonchev–Trinajstić information content (AvgIpc) is 3.01. The molecule has 0 saturated heterocycles. The number of benzene rings is 2. The van der Waals surface area contributed by atoms with Crippen molar-refractivity contribution in [3.63, 3.8) is 0 Å². The molecule has 0 N–H and O–H groups in total. The normalized spacial score (nSPS) is 11.1. The van der Waals surface area contributed by atoms with Crippen molar-refractivity contribution in [2.75, 3.05) is 0 Å². The molecule has 0 fully saturated rings. The first-order chi connectivity index (χ1) is 9.81. The Morgan fingerprint density at radius 2 is 1.95 bits per heavy atom. The van der Waals surface area contributed by atoms with Gasteiger partial charge in [-0.15, -0.1) is 10.2 Å². The molecule has 2 aromatic carbocycles. The lowest BCUT2D eigenvalue weighted by Gasteiger charge is -1.97. The molecule has 4 nitrogen and oxygen atoms in total. The van der Waals surface area contributed by atoms with Crippen LogP contribution in [0.3, 0.4) is 0 Å². The van der Waals surface area contributed by atoms with Crippen molar-refractivity contribution in [2.24, 2.45) is 4.99 Å². The molecule has 0 amide bonds. The first kappa shape index (κ1) is 12.2. The zero-order valence-corrected chi connectivity index (χ0v) is 10.4. The van der Waals surface area contributed by atoms with Crippen molar-refractivity contribution in [3.05, 3.63) is 66.3 Å². The molecule has 0 atom stereocenters. The monoisotopic (exact) mass is 267 g/mol. The van der Waals surface area contributed by atoms with Gasteiger partial charge in [0.05, 0.1) is 5.69 Å². The van der Waals surface area contributed by atoms with Gasteiger partial charge in [0.2, 0.25) is 12.3 Å². The Kier molecular flexibility index (Phi) is 3.33. The van der Waals surface area contributed by atoms with Gasteiger partial charge in [-0.2, -0.15) is 0 Å². The Morgan fingerprint density at radius 3 is 2.70 bits per heavy atom. The largest absolute Gasteiger partial charge is 0.423 e. The van der Waals surface area contributed by atoms with E-state index in [1.54, 1.807) is 18.3 Å². The number of aromatic nitrogens is 2. The zero-order valence-electron chi connectivity index (χ0n) is 10.4. The molecule has 98 valence electrons. The second kappa shape index (κ2) is 5.44. The van der Waals surface area contributed by atoms with E-state index in [9.17, 15) is 4.39 Å². The fourth-order valence-electron chi connectivity index (χ4n) is 1.72. The molecular formula is C15H10FN3O. The van der Waals surface area contributed by atoms with Crippen molar-refractivity contribution in [1.29, 1.82) is 0 Å². The summed E-state index contributed by atoms with van der Waals surface area (Å²) in [4.78, 5) is 4.34. The van der Waals surface area contributed by atoms with E-state index >= 15 is 0 Å². The highest BCUT2D eigenvalue weighted by molar-refractivity contribution is 5.82. The van der Waals surface area contributed by atoms with E-state index in [2.05, 4.69) is 15.2 Å². The lowest BCUT2D eigenvalue weighted by molar-refractivity contribution is 0.568. The average molecular weight is 267 g/mol. The molecular weight excluding hydrogens is 257 g/mol. The van der Waals surface area contributed by atoms with E-state index in [0.29, 0.717) is 5.89 Å². The van der Waals surface area contributed by atoms with E-state index in [4.69, 9.17) is 4.42 Å². The number of hydrogen-bond donors (Lipinski definition) is 0. The Morgan fingerprint density at radius 1 is 1.10 bits per heavy atom. The highest BCUT2D eigenvalue weighted by Gasteiger charge is 2.03. The molecule has 1 aromatic heterocycles. The van der Waals surface area contributed by atoms with Crippen LogP contribution in [-0.2, 0) is 0 Å². The van der Waals surface area contributed by atoms with Crippen LogP contribution in [0.4, 0.5) is 10.1 Å². The van der Waals surface area contributed by atoms with Gasteiger partial charge in [0.15, 0.2) is 0 Å². The summed E-state index contributed by atoms with van der Waals surface area (Å²) in [5.41, 5.74) is 2.39. The van der Waals surface area contributed by atoms with Gasteiger partial charge in [-0.1, -0.05) is 18.2 Å². The van der Waals surface area contributed by atoms with Gasteiger partial charge in [0.1, 0.15) is 5.82 Å². The summed E-state index contributed by atoms with van der Waals surface area (Å²) >= 11 is 0. The van der Waals surface area contributed by atoms with E-state index in [0.717, 1.165) is 16.8 Å². The molecule has 3 rings (SSSR count). The third kappa shape index (κ3) is 2.77. The van der Waals surface area contributed by atoms with Gasteiger partial charge >= 0.3 is 0 Å². The van der Waals surface area contributed by atoms with Gasteiger partial charge in [-0.25, -0.2) is 4.39 Å². The molecule has 5 heteroatoms. The third-order valence-electron chi connectivity index (χ3n) is 2.69. The Hall–Kier alpha value is -2.82. The number of halogens is 1. The molecule has 0 aliphatic carbocycles. The van der Waals surface area contributed by atoms with Crippen LogP contribution < -0.4 is 0 Å². The number of rotatable bonds is 3. The van der Waals surface area contributed by atoms with Crippen molar-refractivity contribution < 1.29 is 8.81 Å². The highest BCUT2D eigenvalue weighted by atomic mass is 19.1. The first-order valence-corrected chi connectivity index (χ1v) is 5.97. The predicted octanol–water partition coefficient (Wildman–Crippen LogP) is 3.63. The number of aliphatic imine (C=N–C) groups is 1. The standard InChI is InChI=1S/C15H10FN3O/c16-13-6-4-11(5-7-13)9-17-14-3-1-2-12(8-14)15-19-18-10-20-15/h1-10H. The van der Waals surface area contributed by atoms with Crippen LogP contribution in [0.15, 0.2) is 64.3 Å². The van der Waals surface area contributed by atoms with Gasteiger partial charge in [-0.3, -0.25) is 4.99 Å². The first-order valence-electron chi connectivity index (χ1n) is 5.97. The maximum atomic E-state index is 12.8. The van der Waals surface area contributed by atoms with Crippen molar-refractivity contribution in [2.45, 2.75) is 0 Å². The van der Waals surface area contributed by atoms with Gasteiger partial charge in [-0.05, 0) is 35.9 Å². The molecule has 0 radical (unpaired) electrons. The summed E-state index contributed by atoms with van der Waals surface area (Å²) < 4.78 is 17.9. The molecule has 0 unspecified atom stereocenters. The molecule has 20 heavy (non-hydrogen) atoms. The molecule has 0 saturated carbocycles. The van der Waals surface area contributed by atoms with E-state index in [-0.39, 0.29) is 5.82 Å². The van der Waals surface area contributed by atoms with Crippen LogP contribution in [0.5, 0.6) is 0 Å². The van der Waals surface area contributed by atoms with Crippen LogP contribution in [0.25, 0.3) is 11.5 Å². The molecule has 0 spiro atoms. The zero-order chi connectivity index (χ0) is 13.8. The third-order valence-corrected chi connectivity index (χ3v) is 2.69. The summed E-state index contributed by atoms with van der Waals surface area (Å²) in [6.45, 7) is 0. The smallest absolute Gasteiger partial charge is 0.247 e. The lowest BCUT2D eigenvalue weighted by atomic mass is 10.2. The quantitative estimate of drug-likeness (QED) is 0.681. The van der Waals surface area contributed by atoms with Gasteiger partial charge in [0.25, 0.3) is 0 Å². The Bertz CT molecular complexity index is 721. The van der Waals surface area contributed by atoms with E-state index < -0.39 is 0 Å². The summed E-state index contributed by atoms with van der Waals surface area (Å²) in [6.07, 6.45) is 2.95. The summed E-state index contributed by atoms with van der Waals surface area (Å²) in [5, 5.41) is 7.48. The molecule has 1 heterocycles. The second-order valence-corrected chi connectivity index (χ2v) is 4.10. The van der Waals surface area contributed by atoms with Crippen LogP contribution in [0, 0.1) is 5.82 Å². The van der Waals surface area contributed by atoms with Crippen molar-refractivity contribution in [1.82, 2.24) is 10.2 Å². The maximum absolute atomic E-state index is 12.8. The van der Waals surface area contributed by atoms with Crippen molar-refractivity contribution in [3.8, 4) is 11.5 Å². The topological polar surface area (TPSA) is 51.3 Å². The maximum Gasteiger partial charge on any atom is 0.247 e. The molecule has 3 aromatic rings. The fourth-order valence-corrected chi connectivity index (χ4v) is 1.72. The molecule has 0 aliphatic rings. The summed E-state index contributed by atoms with van der Waals surface area (Å²) in [5.74, 6) is 0.185. The SMILES string of the molecule is Fc1ccc(C=Nc2cccc(-c3nnco3)c2)cc1. The minimum Gasteiger partial charge on any atom is -0.423 e. The number of nitrogens with zero attached hydrogens (tertiary/aromatic N) is 3. The Labute approximate surface area is 114 Å². The van der Waals surface area contributed by atoms with Gasteiger partial charge < -0.3 is 4.42 Å². The summed E-state index contributed by atoms with van der Waals surface area (Å²) in [6, 6.07) is 13.6. The minimum absolute atomic E-state index is 0.263.